The standard InChI is InChI=1S/C23H21N2O3.BrH/c1-26-20-13-17(14-21(15-20)27-2)16-25-11-7-19(8-12-25)23-4-3-22(28-23)18-5-9-24-10-6-18;/h3-15H,16H2,1-2H3;1H/q+1;/p-1. The van der Waals surface area contributed by atoms with Gasteiger partial charge in [0.05, 0.1) is 14.2 Å². The van der Waals surface area contributed by atoms with Crippen LogP contribution in [0.2, 0.25) is 0 Å². The Labute approximate surface area is 180 Å². The maximum Gasteiger partial charge on any atom is 0.174 e. The monoisotopic (exact) mass is 452 g/mol. The van der Waals surface area contributed by atoms with Crippen molar-refractivity contribution in [3.8, 4) is 34.1 Å². The van der Waals surface area contributed by atoms with Crippen LogP contribution in [0.1, 0.15) is 5.56 Å². The van der Waals surface area contributed by atoms with Crippen molar-refractivity contribution in [2.45, 2.75) is 6.54 Å². The number of rotatable bonds is 6. The number of nitrogens with zero attached hydrogens (tertiary/aromatic N) is 2. The van der Waals surface area contributed by atoms with Crippen LogP contribution in [0.5, 0.6) is 11.5 Å². The van der Waals surface area contributed by atoms with Crippen molar-refractivity contribution in [2.24, 2.45) is 0 Å². The number of pyridine rings is 2. The van der Waals surface area contributed by atoms with Crippen LogP contribution in [-0.4, -0.2) is 19.2 Å². The molecule has 0 bridgehead atoms. The zero-order chi connectivity index (χ0) is 19.3. The summed E-state index contributed by atoms with van der Waals surface area (Å²) in [5, 5.41) is 0. The summed E-state index contributed by atoms with van der Waals surface area (Å²) in [4.78, 5) is 4.04. The minimum atomic E-state index is 0. The van der Waals surface area contributed by atoms with E-state index in [0.29, 0.717) is 6.54 Å². The molecule has 4 aromatic rings. The van der Waals surface area contributed by atoms with Gasteiger partial charge in [0.15, 0.2) is 18.9 Å². The van der Waals surface area contributed by atoms with Crippen LogP contribution >= 0.6 is 0 Å². The third-order valence-electron chi connectivity index (χ3n) is 4.52. The molecular formula is C23H21BrN2O3. The molecule has 5 nitrogen and oxygen atoms in total. The average molecular weight is 453 g/mol. The molecule has 0 aliphatic rings. The van der Waals surface area contributed by atoms with Gasteiger partial charge in [-0.25, -0.2) is 4.57 Å². The molecule has 0 N–H and O–H groups in total. The topological polar surface area (TPSA) is 48.4 Å². The second-order valence-corrected chi connectivity index (χ2v) is 6.38. The molecule has 0 amide bonds. The zero-order valence-corrected chi connectivity index (χ0v) is 17.8. The van der Waals surface area contributed by atoms with E-state index in [2.05, 4.69) is 9.55 Å². The van der Waals surface area contributed by atoms with Crippen LogP contribution in [0, 0.1) is 0 Å². The number of aromatic nitrogens is 2. The third kappa shape index (κ3) is 4.84. The van der Waals surface area contributed by atoms with Crippen LogP contribution in [0.15, 0.2) is 83.8 Å². The lowest BCUT2D eigenvalue weighted by molar-refractivity contribution is -0.688. The van der Waals surface area contributed by atoms with Crippen molar-refractivity contribution in [2.75, 3.05) is 14.2 Å². The highest BCUT2D eigenvalue weighted by atomic mass is 79.9. The van der Waals surface area contributed by atoms with Crippen molar-refractivity contribution in [1.82, 2.24) is 4.98 Å². The van der Waals surface area contributed by atoms with Gasteiger partial charge in [0.1, 0.15) is 23.0 Å². The number of benzene rings is 1. The minimum Gasteiger partial charge on any atom is -1.00 e. The molecule has 0 radical (unpaired) electrons. The molecule has 0 spiro atoms. The largest absolute Gasteiger partial charge is 1.00 e. The lowest BCUT2D eigenvalue weighted by Gasteiger charge is -2.06. The molecule has 0 saturated heterocycles. The summed E-state index contributed by atoms with van der Waals surface area (Å²) in [6.07, 6.45) is 7.60. The number of halogens is 1. The Morgan fingerprint density at radius 1 is 0.793 bits per heavy atom. The minimum absolute atomic E-state index is 0. The van der Waals surface area contributed by atoms with Gasteiger partial charge in [0.2, 0.25) is 0 Å². The van der Waals surface area contributed by atoms with Crippen molar-refractivity contribution in [1.29, 1.82) is 0 Å². The van der Waals surface area contributed by atoms with Gasteiger partial charge in [-0.05, 0) is 36.4 Å². The number of hydrogen-bond acceptors (Lipinski definition) is 4. The van der Waals surface area contributed by atoms with Gasteiger partial charge in [-0.15, -0.1) is 0 Å². The summed E-state index contributed by atoms with van der Waals surface area (Å²) in [7, 11) is 3.31. The molecule has 0 unspecified atom stereocenters. The number of hydrogen-bond donors (Lipinski definition) is 0. The first-order valence-electron chi connectivity index (χ1n) is 8.97. The Bertz CT molecular complexity index is 1040. The fourth-order valence-corrected chi connectivity index (χ4v) is 3.06. The van der Waals surface area contributed by atoms with E-state index in [0.717, 1.165) is 39.7 Å². The number of ether oxygens (including phenoxy) is 2. The predicted octanol–water partition coefficient (Wildman–Crippen LogP) is 1.37. The van der Waals surface area contributed by atoms with Crippen LogP contribution in [-0.2, 0) is 6.54 Å². The molecule has 0 aliphatic heterocycles. The van der Waals surface area contributed by atoms with Crippen LogP contribution < -0.4 is 31.0 Å². The van der Waals surface area contributed by atoms with E-state index in [-0.39, 0.29) is 17.0 Å². The highest BCUT2D eigenvalue weighted by Crippen LogP contribution is 2.27. The second-order valence-electron chi connectivity index (χ2n) is 6.38. The van der Waals surface area contributed by atoms with E-state index in [1.807, 2.05) is 67.0 Å². The van der Waals surface area contributed by atoms with Crippen molar-refractivity contribution in [3.05, 3.63) is 84.9 Å². The third-order valence-corrected chi connectivity index (χ3v) is 4.52. The van der Waals surface area contributed by atoms with E-state index in [4.69, 9.17) is 13.9 Å². The average Bonchev–Trinajstić information content (AvgIpc) is 3.25. The van der Waals surface area contributed by atoms with Gasteiger partial charge in [0, 0.05) is 47.3 Å². The van der Waals surface area contributed by atoms with Gasteiger partial charge in [0.25, 0.3) is 0 Å². The van der Waals surface area contributed by atoms with E-state index >= 15 is 0 Å². The van der Waals surface area contributed by atoms with Crippen LogP contribution in [0.4, 0.5) is 0 Å². The Hall–Kier alpha value is -3.12. The molecule has 0 fully saturated rings. The molecule has 0 atom stereocenters. The Morgan fingerprint density at radius 2 is 1.34 bits per heavy atom. The molecule has 3 aromatic heterocycles. The van der Waals surface area contributed by atoms with E-state index in [1.54, 1.807) is 26.6 Å². The number of methoxy groups -OCH3 is 2. The van der Waals surface area contributed by atoms with E-state index in [9.17, 15) is 0 Å². The van der Waals surface area contributed by atoms with Gasteiger partial charge >= 0.3 is 0 Å². The van der Waals surface area contributed by atoms with Gasteiger partial charge in [-0.2, -0.15) is 0 Å². The summed E-state index contributed by atoms with van der Waals surface area (Å²) in [5.41, 5.74) is 3.14. The molecule has 3 heterocycles. The summed E-state index contributed by atoms with van der Waals surface area (Å²) >= 11 is 0. The Balaban J connectivity index is 0.00000240. The van der Waals surface area contributed by atoms with Gasteiger partial charge in [-0.1, -0.05) is 0 Å². The molecule has 148 valence electrons. The Morgan fingerprint density at radius 3 is 1.90 bits per heavy atom. The van der Waals surface area contributed by atoms with Crippen molar-refractivity contribution >= 4 is 0 Å². The lowest BCUT2D eigenvalue weighted by atomic mass is 10.2. The summed E-state index contributed by atoms with van der Waals surface area (Å²) in [5.74, 6) is 3.23. The number of furan rings is 1. The highest BCUT2D eigenvalue weighted by Gasteiger charge is 2.10. The quantitative estimate of drug-likeness (QED) is 0.414. The van der Waals surface area contributed by atoms with Crippen LogP contribution in [0.25, 0.3) is 22.6 Å². The van der Waals surface area contributed by atoms with Crippen molar-refractivity contribution < 1.29 is 35.4 Å². The molecular weight excluding hydrogens is 432 g/mol. The maximum atomic E-state index is 6.00. The first-order chi connectivity index (χ1) is 13.7. The Kier molecular flexibility index (Phi) is 6.67. The fraction of sp³-hybridized carbons (Fsp3) is 0.130. The summed E-state index contributed by atoms with van der Waals surface area (Å²) in [6, 6.07) is 17.8. The SMILES string of the molecule is COc1cc(C[n+]2ccc(-c3ccc(-c4ccncc4)o3)cc2)cc(OC)c1.[Br-]. The predicted molar refractivity (Wildman–Crippen MR) is 106 cm³/mol. The molecule has 29 heavy (non-hydrogen) atoms. The zero-order valence-electron chi connectivity index (χ0n) is 16.2. The van der Waals surface area contributed by atoms with E-state index < -0.39 is 0 Å². The molecule has 6 heteroatoms. The second kappa shape index (κ2) is 9.39. The molecule has 4 rings (SSSR count). The first-order valence-corrected chi connectivity index (χ1v) is 8.97. The molecule has 1 aromatic carbocycles. The van der Waals surface area contributed by atoms with Gasteiger partial charge < -0.3 is 30.9 Å². The molecule has 0 aliphatic carbocycles. The first kappa shape index (κ1) is 20.6. The van der Waals surface area contributed by atoms with Crippen molar-refractivity contribution in [3.63, 3.8) is 0 Å². The van der Waals surface area contributed by atoms with E-state index in [1.165, 1.54) is 0 Å². The summed E-state index contributed by atoms with van der Waals surface area (Å²) in [6.45, 7) is 0.717. The normalized spacial score (nSPS) is 10.3. The lowest BCUT2D eigenvalue weighted by Crippen LogP contribution is -3.00. The highest BCUT2D eigenvalue weighted by molar-refractivity contribution is 5.63. The molecule has 0 saturated carbocycles. The maximum absolute atomic E-state index is 6.00. The fourth-order valence-electron chi connectivity index (χ4n) is 3.06. The summed E-state index contributed by atoms with van der Waals surface area (Å²) < 4.78 is 18.8. The smallest absolute Gasteiger partial charge is 0.174 e. The van der Waals surface area contributed by atoms with Crippen LogP contribution in [0.3, 0.4) is 0 Å². The van der Waals surface area contributed by atoms with Gasteiger partial charge in [-0.3, -0.25) is 4.98 Å².